The Labute approximate surface area is 117 Å². The van der Waals surface area contributed by atoms with E-state index in [1.165, 1.54) is 0 Å². The number of carbonyl (C=O) groups is 2. The Morgan fingerprint density at radius 1 is 1.15 bits per heavy atom. The Morgan fingerprint density at radius 2 is 1.90 bits per heavy atom. The summed E-state index contributed by atoms with van der Waals surface area (Å²) in [5.74, 6) is 0.267. The van der Waals surface area contributed by atoms with Crippen molar-refractivity contribution in [1.29, 1.82) is 0 Å². The number of hydrogen-bond donors (Lipinski definition) is 1. The zero-order valence-electron chi connectivity index (χ0n) is 11.2. The van der Waals surface area contributed by atoms with Crippen molar-refractivity contribution in [2.24, 2.45) is 0 Å². The van der Waals surface area contributed by atoms with Crippen LogP contribution in [0.15, 0.2) is 48.5 Å². The van der Waals surface area contributed by atoms with Crippen LogP contribution in [0.4, 0.5) is 5.69 Å². The summed E-state index contributed by atoms with van der Waals surface area (Å²) in [4.78, 5) is 23.9. The van der Waals surface area contributed by atoms with E-state index in [2.05, 4.69) is 5.32 Å². The number of benzene rings is 2. The summed E-state index contributed by atoms with van der Waals surface area (Å²) in [5.41, 5.74) is 3.09. The van der Waals surface area contributed by atoms with Gasteiger partial charge in [0.25, 0.3) is 5.91 Å². The number of Topliss-reactive ketones (excluding diaryl/α,β-unsaturated/α-hetero) is 1. The fourth-order valence-corrected chi connectivity index (χ4v) is 2.60. The highest BCUT2D eigenvalue weighted by atomic mass is 16.1. The predicted molar refractivity (Wildman–Crippen MR) is 78.2 cm³/mol. The maximum atomic E-state index is 12.1. The number of anilines is 1. The van der Waals surface area contributed by atoms with Crippen molar-refractivity contribution in [1.82, 2.24) is 0 Å². The number of hydrogen-bond acceptors (Lipinski definition) is 2. The Balaban J connectivity index is 1.85. The number of carbonyl (C=O) groups excluding carboxylic acids is 2. The maximum absolute atomic E-state index is 12.1. The van der Waals surface area contributed by atoms with Crippen LogP contribution in [0.25, 0.3) is 0 Å². The van der Waals surface area contributed by atoms with Crippen LogP contribution in [0.5, 0.6) is 0 Å². The van der Waals surface area contributed by atoms with Crippen molar-refractivity contribution in [2.75, 3.05) is 5.32 Å². The summed E-state index contributed by atoms with van der Waals surface area (Å²) in [7, 11) is 0. The molecule has 0 bridgehead atoms. The van der Waals surface area contributed by atoms with Crippen LogP contribution in [-0.4, -0.2) is 11.7 Å². The van der Waals surface area contributed by atoms with E-state index < -0.39 is 0 Å². The molecular weight excluding hydrogens is 250 g/mol. The summed E-state index contributed by atoms with van der Waals surface area (Å²) >= 11 is 0. The van der Waals surface area contributed by atoms with Crippen LogP contribution in [0, 0.1) is 0 Å². The lowest BCUT2D eigenvalue weighted by Crippen LogP contribution is -2.12. The van der Waals surface area contributed by atoms with E-state index in [0.717, 1.165) is 11.1 Å². The van der Waals surface area contributed by atoms with E-state index in [4.69, 9.17) is 0 Å². The van der Waals surface area contributed by atoms with Crippen molar-refractivity contribution >= 4 is 17.4 Å². The first-order valence-corrected chi connectivity index (χ1v) is 6.68. The fraction of sp³-hybridized carbons (Fsp3) is 0.176. The van der Waals surface area contributed by atoms with Gasteiger partial charge in [-0.15, -0.1) is 0 Å². The third kappa shape index (κ3) is 2.23. The van der Waals surface area contributed by atoms with Crippen molar-refractivity contribution in [3.05, 3.63) is 65.2 Å². The second-order valence-corrected chi connectivity index (χ2v) is 5.15. The minimum Gasteiger partial charge on any atom is -0.322 e. The summed E-state index contributed by atoms with van der Waals surface area (Å²) < 4.78 is 0. The van der Waals surface area contributed by atoms with Crippen LogP contribution in [-0.2, 0) is 0 Å². The fourth-order valence-electron chi connectivity index (χ4n) is 2.60. The molecule has 0 saturated heterocycles. The molecule has 0 aromatic heterocycles. The van der Waals surface area contributed by atoms with Gasteiger partial charge in [-0.1, -0.05) is 31.2 Å². The average molecular weight is 265 g/mol. The molecule has 0 aliphatic heterocycles. The number of nitrogens with one attached hydrogen (secondary N) is 1. The molecule has 20 heavy (non-hydrogen) atoms. The Bertz CT molecular complexity index is 677. The van der Waals surface area contributed by atoms with Crippen LogP contribution in [0.3, 0.4) is 0 Å². The van der Waals surface area contributed by atoms with Gasteiger partial charge in [0.15, 0.2) is 5.78 Å². The van der Waals surface area contributed by atoms with Crippen LogP contribution in [0.2, 0.25) is 0 Å². The Morgan fingerprint density at radius 3 is 2.65 bits per heavy atom. The molecule has 3 rings (SSSR count). The molecule has 0 heterocycles. The van der Waals surface area contributed by atoms with Gasteiger partial charge in [-0.05, 0) is 35.7 Å². The molecule has 2 aromatic rings. The molecular formula is C17H15NO2. The van der Waals surface area contributed by atoms with Crippen LogP contribution in [0.1, 0.15) is 45.5 Å². The molecule has 1 N–H and O–H groups in total. The summed E-state index contributed by atoms with van der Waals surface area (Å²) in [5, 5.41) is 2.83. The van der Waals surface area contributed by atoms with Gasteiger partial charge in [-0.3, -0.25) is 9.59 Å². The molecule has 1 amide bonds. The van der Waals surface area contributed by atoms with Gasteiger partial charge in [0.1, 0.15) is 0 Å². The summed E-state index contributed by atoms with van der Waals surface area (Å²) in [6, 6.07) is 14.6. The Hall–Kier alpha value is -2.42. The SMILES string of the molecule is CC1CC(=O)c2cc(NC(=O)c3ccccc3)ccc21. The van der Waals surface area contributed by atoms with E-state index >= 15 is 0 Å². The minimum atomic E-state index is -0.163. The van der Waals surface area contributed by atoms with E-state index in [1.54, 1.807) is 18.2 Å². The molecule has 100 valence electrons. The molecule has 0 spiro atoms. The topological polar surface area (TPSA) is 46.2 Å². The van der Waals surface area contributed by atoms with Gasteiger partial charge in [-0.25, -0.2) is 0 Å². The van der Waals surface area contributed by atoms with Gasteiger partial charge < -0.3 is 5.32 Å². The number of amides is 1. The zero-order valence-corrected chi connectivity index (χ0v) is 11.2. The van der Waals surface area contributed by atoms with Gasteiger partial charge in [0, 0.05) is 23.2 Å². The molecule has 0 radical (unpaired) electrons. The Kier molecular flexibility index (Phi) is 3.11. The lowest BCUT2D eigenvalue weighted by atomic mass is 10.0. The standard InChI is InChI=1S/C17H15NO2/c1-11-9-16(19)15-10-13(7-8-14(11)15)18-17(20)12-5-3-2-4-6-12/h2-8,10-11H,9H2,1H3,(H,18,20). The van der Waals surface area contributed by atoms with Gasteiger partial charge in [0.2, 0.25) is 0 Å². The average Bonchev–Trinajstić information content (AvgIpc) is 2.75. The molecule has 3 heteroatoms. The molecule has 2 aromatic carbocycles. The van der Waals surface area contributed by atoms with Crippen molar-refractivity contribution in [3.63, 3.8) is 0 Å². The van der Waals surface area contributed by atoms with Crippen LogP contribution >= 0.6 is 0 Å². The lowest BCUT2D eigenvalue weighted by Gasteiger charge is -2.08. The smallest absolute Gasteiger partial charge is 0.255 e. The van der Waals surface area contributed by atoms with E-state index in [9.17, 15) is 9.59 Å². The molecule has 1 atom stereocenters. The molecule has 1 aliphatic rings. The molecule has 1 unspecified atom stereocenters. The number of ketones is 1. The van der Waals surface area contributed by atoms with E-state index in [1.807, 2.05) is 37.3 Å². The first-order valence-electron chi connectivity index (χ1n) is 6.68. The first-order chi connectivity index (χ1) is 9.65. The molecule has 0 fully saturated rings. The van der Waals surface area contributed by atoms with E-state index in [0.29, 0.717) is 17.7 Å². The largest absolute Gasteiger partial charge is 0.322 e. The van der Waals surface area contributed by atoms with Crippen molar-refractivity contribution in [2.45, 2.75) is 19.3 Å². The third-order valence-electron chi connectivity index (χ3n) is 3.67. The summed E-state index contributed by atoms with van der Waals surface area (Å²) in [6.45, 7) is 2.05. The molecule has 1 aliphatic carbocycles. The maximum Gasteiger partial charge on any atom is 0.255 e. The monoisotopic (exact) mass is 265 g/mol. The normalized spacial score (nSPS) is 16.9. The van der Waals surface area contributed by atoms with Gasteiger partial charge in [-0.2, -0.15) is 0 Å². The predicted octanol–water partition coefficient (Wildman–Crippen LogP) is 3.63. The highest BCUT2D eigenvalue weighted by Crippen LogP contribution is 2.34. The summed E-state index contributed by atoms with van der Waals surface area (Å²) in [6.07, 6.45) is 0.561. The zero-order chi connectivity index (χ0) is 14.1. The second kappa shape index (κ2) is 4.93. The van der Waals surface area contributed by atoms with Crippen molar-refractivity contribution in [3.8, 4) is 0 Å². The first kappa shape index (κ1) is 12.6. The van der Waals surface area contributed by atoms with Gasteiger partial charge in [0.05, 0.1) is 0 Å². The van der Waals surface area contributed by atoms with E-state index in [-0.39, 0.29) is 17.6 Å². The minimum absolute atomic E-state index is 0.156. The van der Waals surface area contributed by atoms with Crippen LogP contribution < -0.4 is 5.32 Å². The number of fused-ring (bicyclic) bond motifs is 1. The lowest BCUT2D eigenvalue weighted by molar-refractivity contribution is 0.0987. The highest BCUT2D eigenvalue weighted by Gasteiger charge is 2.26. The second-order valence-electron chi connectivity index (χ2n) is 5.15. The third-order valence-corrected chi connectivity index (χ3v) is 3.67. The molecule has 3 nitrogen and oxygen atoms in total. The quantitative estimate of drug-likeness (QED) is 0.901. The molecule has 0 saturated carbocycles. The number of rotatable bonds is 2. The van der Waals surface area contributed by atoms with Crippen molar-refractivity contribution < 1.29 is 9.59 Å². The van der Waals surface area contributed by atoms with Gasteiger partial charge >= 0.3 is 0 Å². The highest BCUT2D eigenvalue weighted by molar-refractivity contribution is 6.06.